The van der Waals surface area contributed by atoms with E-state index < -0.39 is 0 Å². The largest absolute Gasteiger partial charge is 0.366 e. The highest BCUT2D eigenvalue weighted by atomic mass is 16.5. The van der Waals surface area contributed by atoms with Crippen molar-refractivity contribution in [1.29, 1.82) is 0 Å². The summed E-state index contributed by atoms with van der Waals surface area (Å²) in [5, 5.41) is 6.06. The zero-order chi connectivity index (χ0) is 12.6. The first kappa shape index (κ1) is 13.1. The van der Waals surface area contributed by atoms with E-state index in [4.69, 9.17) is 4.74 Å². The Bertz CT molecular complexity index is 361. The summed E-state index contributed by atoms with van der Waals surface area (Å²) in [7, 11) is 0. The fourth-order valence-corrected chi connectivity index (χ4v) is 2.00. The van der Waals surface area contributed by atoms with Gasteiger partial charge in [0.15, 0.2) is 0 Å². The van der Waals surface area contributed by atoms with Crippen LogP contribution in [0.4, 0.5) is 0 Å². The second kappa shape index (κ2) is 7.13. The Hall–Kier alpha value is -1.39. The van der Waals surface area contributed by atoms with Gasteiger partial charge in [0.1, 0.15) is 6.10 Å². The summed E-state index contributed by atoms with van der Waals surface area (Å²) < 4.78 is 5.38. The molecule has 1 unspecified atom stereocenters. The van der Waals surface area contributed by atoms with Gasteiger partial charge < -0.3 is 15.4 Å². The molecule has 0 spiro atoms. The number of carbonyl (C=O) groups excluding carboxylic acids is 1. The topological polar surface area (TPSA) is 50.4 Å². The highest BCUT2D eigenvalue weighted by molar-refractivity contribution is 5.81. The van der Waals surface area contributed by atoms with Crippen molar-refractivity contribution in [1.82, 2.24) is 10.6 Å². The molecule has 0 aliphatic carbocycles. The molecule has 1 fully saturated rings. The van der Waals surface area contributed by atoms with E-state index in [1.807, 2.05) is 18.2 Å². The third-order valence-electron chi connectivity index (χ3n) is 3.00. The maximum Gasteiger partial charge on any atom is 0.250 e. The van der Waals surface area contributed by atoms with E-state index in [1.54, 1.807) is 0 Å². The van der Waals surface area contributed by atoms with Crippen LogP contribution in [-0.2, 0) is 16.0 Å². The minimum Gasteiger partial charge on any atom is -0.366 e. The number of benzene rings is 1. The Labute approximate surface area is 108 Å². The lowest BCUT2D eigenvalue weighted by atomic mass is 10.1. The zero-order valence-electron chi connectivity index (χ0n) is 10.5. The predicted molar refractivity (Wildman–Crippen MR) is 70.4 cm³/mol. The van der Waals surface area contributed by atoms with Crippen molar-refractivity contribution < 1.29 is 9.53 Å². The summed E-state index contributed by atoms with van der Waals surface area (Å²) in [6, 6.07) is 10.3. The fourth-order valence-electron chi connectivity index (χ4n) is 2.00. The number of hydrogen-bond donors (Lipinski definition) is 2. The molecule has 4 heteroatoms. The Balaban J connectivity index is 1.61. The SMILES string of the molecule is O=C(NCCCc1ccccc1)C1CNCCO1. The molecule has 1 aromatic rings. The Morgan fingerprint density at radius 3 is 2.94 bits per heavy atom. The smallest absolute Gasteiger partial charge is 0.250 e. The fraction of sp³-hybridized carbons (Fsp3) is 0.500. The van der Waals surface area contributed by atoms with Crippen molar-refractivity contribution in [3.63, 3.8) is 0 Å². The predicted octanol–water partition coefficient (Wildman–Crippen LogP) is 0.724. The first-order valence-electron chi connectivity index (χ1n) is 6.50. The molecule has 0 radical (unpaired) electrons. The van der Waals surface area contributed by atoms with Crippen molar-refractivity contribution in [3.05, 3.63) is 35.9 Å². The van der Waals surface area contributed by atoms with Gasteiger partial charge in [0.2, 0.25) is 5.91 Å². The monoisotopic (exact) mass is 248 g/mol. The van der Waals surface area contributed by atoms with E-state index in [1.165, 1.54) is 5.56 Å². The van der Waals surface area contributed by atoms with Crippen molar-refractivity contribution in [2.45, 2.75) is 18.9 Å². The maximum atomic E-state index is 11.7. The summed E-state index contributed by atoms with van der Waals surface area (Å²) in [5.74, 6) is -0.00439. The normalized spacial score (nSPS) is 19.4. The molecule has 1 saturated heterocycles. The number of morpholine rings is 1. The number of nitrogens with one attached hydrogen (secondary N) is 2. The van der Waals surface area contributed by atoms with Gasteiger partial charge in [-0.2, -0.15) is 0 Å². The summed E-state index contributed by atoms with van der Waals surface area (Å²) >= 11 is 0. The van der Waals surface area contributed by atoms with Crippen molar-refractivity contribution in [2.75, 3.05) is 26.2 Å². The molecule has 1 aromatic carbocycles. The lowest BCUT2D eigenvalue weighted by Crippen LogP contribution is -2.48. The lowest BCUT2D eigenvalue weighted by molar-refractivity contribution is -0.134. The summed E-state index contributed by atoms with van der Waals surface area (Å²) in [6.07, 6.45) is 1.62. The molecule has 1 heterocycles. The molecule has 1 atom stereocenters. The molecule has 0 saturated carbocycles. The zero-order valence-corrected chi connectivity index (χ0v) is 10.5. The second-order valence-electron chi connectivity index (χ2n) is 4.44. The van der Waals surface area contributed by atoms with E-state index in [2.05, 4.69) is 22.8 Å². The number of hydrogen-bond acceptors (Lipinski definition) is 3. The second-order valence-corrected chi connectivity index (χ2v) is 4.44. The molecular weight excluding hydrogens is 228 g/mol. The van der Waals surface area contributed by atoms with Crippen LogP contribution in [-0.4, -0.2) is 38.3 Å². The number of ether oxygens (including phenoxy) is 1. The molecule has 4 nitrogen and oxygen atoms in total. The number of rotatable bonds is 5. The first-order valence-corrected chi connectivity index (χ1v) is 6.50. The van der Waals surface area contributed by atoms with Crippen molar-refractivity contribution in [2.24, 2.45) is 0 Å². The average Bonchev–Trinajstić information content (AvgIpc) is 2.45. The molecule has 98 valence electrons. The number of amides is 1. The van der Waals surface area contributed by atoms with Crippen LogP contribution < -0.4 is 10.6 Å². The first-order chi connectivity index (χ1) is 8.86. The van der Waals surface area contributed by atoms with Crippen LogP contribution in [0.2, 0.25) is 0 Å². The van der Waals surface area contributed by atoms with Gasteiger partial charge in [0.25, 0.3) is 0 Å². The van der Waals surface area contributed by atoms with E-state index in [-0.39, 0.29) is 12.0 Å². The summed E-state index contributed by atoms with van der Waals surface area (Å²) in [4.78, 5) is 11.7. The van der Waals surface area contributed by atoms with Gasteiger partial charge in [-0.3, -0.25) is 4.79 Å². The van der Waals surface area contributed by atoms with Gasteiger partial charge in [-0.1, -0.05) is 30.3 Å². The summed E-state index contributed by atoms with van der Waals surface area (Å²) in [5.41, 5.74) is 1.31. The van der Waals surface area contributed by atoms with Crippen LogP contribution in [0, 0.1) is 0 Å². The molecule has 18 heavy (non-hydrogen) atoms. The molecular formula is C14H20N2O2. The van der Waals surface area contributed by atoms with Crippen molar-refractivity contribution >= 4 is 5.91 Å². The average molecular weight is 248 g/mol. The molecule has 0 bridgehead atoms. The number of aryl methyl sites for hydroxylation is 1. The Kier molecular flexibility index (Phi) is 5.17. The molecule has 1 aliphatic heterocycles. The molecule has 1 amide bonds. The van der Waals surface area contributed by atoms with Crippen LogP contribution in [0.15, 0.2) is 30.3 Å². The van der Waals surface area contributed by atoms with Crippen LogP contribution in [0.25, 0.3) is 0 Å². The van der Waals surface area contributed by atoms with Gasteiger partial charge in [-0.15, -0.1) is 0 Å². The van der Waals surface area contributed by atoms with Crippen LogP contribution in [0.3, 0.4) is 0 Å². The van der Waals surface area contributed by atoms with Crippen molar-refractivity contribution in [3.8, 4) is 0 Å². The van der Waals surface area contributed by atoms with Crippen LogP contribution in [0.1, 0.15) is 12.0 Å². The van der Waals surface area contributed by atoms with Gasteiger partial charge >= 0.3 is 0 Å². The minimum atomic E-state index is -0.324. The van der Waals surface area contributed by atoms with E-state index in [9.17, 15) is 4.79 Å². The van der Waals surface area contributed by atoms with Crippen LogP contribution in [0.5, 0.6) is 0 Å². The molecule has 0 aromatic heterocycles. The number of carbonyl (C=O) groups is 1. The van der Waals surface area contributed by atoms with Gasteiger partial charge in [0, 0.05) is 19.6 Å². The molecule has 1 aliphatic rings. The molecule has 2 rings (SSSR count). The quantitative estimate of drug-likeness (QED) is 0.755. The van der Waals surface area contributed by atoms with E-state index in [0.29, 0.717) is 19.7 Å². The van der Waals surface area contributed by atoms with E-state index in [0.717, 1.165) is 19.4 Å². The highest BCUT2D eigenvalue weighted by Crippen LogP contribution is 2.02. The third kappa shape index (κ3) is 4.13. The minimum absolute atomic E-state index is 0.00439. The summed E-state index contributed by atoms with van der Waals surface area (Å²) in [6.45, 7) is 2.76. The maximum absolute atomic E-state index is 11.7. The highest BCUT2D eigenvalue weighted by Gasteiger charge is 2.20. The standard InChI is InChI=1S/C14H20N2O2/c17-14(13-11-15-9-10-18-13)16-8-4-7-12-5-2-1-3-6-12/h1-3,5-6,13,15H,4,7-11H2,(H,16,17). The third-order valence-corrected chi connectivity index (χ3v) is 3.00. The van der Waals surface area contributed by atoms with E-state index >= 15 is 0 Å². The van der Waals surface area contributed by atoms with Gasteiger partial charge in [0.05, 0.1) is 6.61 Å². The Morgan fingerprint density at radius 2 is 2.22 bits per heavy atom. The van der Waals surface area contributed by atoms with Gasteiger partial charge in [-0.25, -0.2) is 0 Å². The Morgan fingerprint density at radius 1 is 1.39 bits per heavy atom. The lowest BCUT2D eigenvalue weighted by Gasteiger charge is -2.22. The van der Waals surface area contributed by atoms with Gasteiger partial charge in [-0.05, 0) is 18.4 Å². The van der Waals surface area contributed by atoms with Crippen LogP contribution >= 0.6 is 0 Å². The molecule has 2 N–H and O–H groups in total.